The third-order valence-corrected chi connectivity index (χ3v) is 2.26. The highest BCUT2D eigenvalue weighted by Crippen LogP contribution is 2.11. The molecule has 1 atom stereocenters. The monoisotopic (exact) mass is 219 g/mol. The summed E-state index contributed by atoms with van der Waals surface area (Å²) in [7, 11) is 0. The molecule has 0 bridgehead atoms. The van der Waals surface area contributed by atoms with Crippen LogP contribution in [0.5, 0.6) is 0 Å². The van der Waals surface area contributed by atoms with Gasteiger partial charge in [-0.2, -0.15) is 0 Å². The highest BCUT2D eigenvalue weighted by molar-refractivity contribution is 6.63. The number of rotatable bonds is 5. The first-order chi connectivity index (χ1) is 6.70. The van der Waals surface area contributed by atoms with Gasteiger partial charge in [0, 0.05) is 19.6 Å². The zero-order chi connectivity index (χ0) is 10.4. The lowest BCUT2D eigenvalue weighted by molar-refractivity contribution is -0.130. The summed E-state index contributed by atoms with van der Waals surface area (Å²) in [5.41, 5.74) is 0. The van der Waals surface area contributed by atoms with Crippen molar-refractivity contribution in [1.82, 2.24) is 5.32 Å². The van der Waals surface area contributed by atoms with Crippen LogP contribution in [0.1, 0.15) is 25.7 Å². The molecule has 1 saturated heterocycles. The molecule has 1 N–H and O–H groups in total. The van der Waals surface area contributed by atoms with E-state index in [0.29, 0.717) is 26.0 Å². The van der Waals surface area contributed by atoms with Crippen LogP contribution in [0.3, 0.4) is 0 Å². The van der Waals surface area contributed by atoms with Gasteiger partial charge in [0.25, 0.3) is 0 Å². The fraction of sp³-hybridized carbons (Fsp3) is 0.778. The molecule has 1 rings (SSSR count). The summed E-state index contributed by atoms with van der Waals surface area (Å²) in [4.78, 5) is 21.7. The van der Waals surface area contributed by atoms with Gasteiger partial charge < -0.3 is 10.1 Å². The number of carbonyl (C=O) groups excluding carboxylic acids is 2. The topological polar surface area (TPSA) is 55.4 Å². The van der Waals surface area contributed by atoms with Gasteiger partial charge in [0.1, 0.15) is 6.10 Å². The fourth-order valence-corrected chi connectivity index (χ4v) is 1.47. The van der Waals surface area contributed by atoms with E-state index in [9.17, 15) is 9.59 Å². The zero-order valence-electron chi connectivity index (χ0n) is 7.92. The number of hydrogen-bond acceptors (Lipinski definition) is 3. The van der Waals surface area contributed by atoms with Crippen LogP contribution in [-0.4, -0.2) is 30.4 Å². The van der Waals surface area contributed by atoms with Gasteiger partial charge in [0.15, 0.2) is 0 Å². The third-order valence-electron chi connectivity index (χ3n) is 2.07. The highest BCUT2D eigenvalue weighted by atomic mass is 35.5. The Morgan fingerprint density at radius 2 is 2.29 bits per heavy atom. The summed E-state index contributed by atoms with van der Waals surface area (Å²) >= 11 is 5.14. The molecule has 0 saturated carbocycles. The molecule has 4 nitrogen and oxygen atoms in total. The molecule has 0 aliphatic carbocycles. The molecule has 0 aromatic carbocycles. The lowest BCUT2D eigenvalue weighted by atomic mass is 10.2. The predicted molar refractivity (Wildman–Crippen MR) is 52.1 cm³/mol. The standard InChI is InChI=1S/C9H14ClNO3/c10-8(12)4-1-5-11-9(13)7-3-2-6-14-7/h7H,1-6H2,(H,11,13). The Bertz CT molecular complexity index is 214. The Morgan fingerprint density at radius 1 is 1.50 bits per heavy atom. The van der Waals surface area contributed by atoms with Gasteiger partial charge >= 0.3 is 0 Å². The summed E-state index contributed by atoms with van der Waals surface area (Å²) in [5, 5.41) is 2.34. The van der Waals surface area contributed by atoms with Crippen LogP contribution in [0.15, 0.2) is 0 Å². The van der Waals surface area contributed by atoms with E-state index < -0.39 is 0 Å². The maximum atomic E-state index is 11.3. The highest BCUT2D eigenvalue weighted by Gasteiger charge is 2.22. The molecule has 1 unspecified atom stereocenters. The Morgan fingerprint density at radius 3 is 2.86 bits per heavy atom. The fourth-order valence-electron chi connectivity index (χ4n) is 1.34. The lowest BCUT2D eigenvalue weighted by Crippen LogP contribution is -2.34. The van der Waals surface area contributed by atoms with Gasteiger partial charge in [-0.1, -0.05) is 0 Å². The van der Waals surface area contributed by atoms with E-state index in [2.05, 4.69) is 5.32 Å². The van der Waals surface area contributed by atoms with Crippen LogP contribution in [0.2, 0.25) is 0 Å². The van der Waals surface area contributed by atoms with E-state index in [-0.39, 0.29) is 17.3 Å². The summed E-state index contributed by atoms with van der Waals surface area (Å²) in [6, 6.07) is 0. The van der Waals surface area contributed by atoms with Gasteiger partial charge in [0.05, 0.1) is 0 Å². The Hall–Kier alpha value is -0.610. The first-order valence-electron chi connectivity index (χ1n) is 4.78. The van der Waals surface area contributed by atoms with Gasteiger partial charge in [-0.3, -0.25) is 9.59 Å². The number of nitrogens with one attached hydrogen (secondary N) is 1. The van der Waals surface area contributed by atoms with Crippen molar-refractivity contribution in [2.45, 2.75) is 31.8 Å². The number of carbonyl (C=O) groups is 2. The van der Waals surface area contributed by atoms with Crippen molar-refractivity contribution in [3.8, 4) is 0 Å². The molecule has 1 heterocycles. The van der Waals surface area contributed by atoms with Crippen molar-refractivity contribution >= 4 is 22.8 Å². The molecule has 0 aromatic heterocycles. The van der Waals surface area contributed by atoms with Crippen molar-refractivity contribution in [3.05, 3.63) is 0 Å². The van der Waals surface area contributed by atoms with E-state index >= 15 is 0 Å². The molecule has 80 valence electrons. The second-order valence-corrected chi connectivity index (χ2v) is 3.67. The minimum atomic E-state index is -0.364. The van der Waals surface area contributed by atoms with E-state index in [1.54, 1.807) is 0 Å². The molecule has 1 amide bonds. The number of amides is 1. The van der Waals surface area contributed by atoms with Crippen LogP contribution in [0.25, 0.3) is 0 Å². The van der Waals surface area contributed by atoms with Crippen LogP contribution in [0.4, 0.5) is 0 Å². The minimum Gasteiger partial charge on any atom is -0.368 e. The second kappa shape index (κ2) is 5.98. The summed E-state index contributed by atoms with van der Waals surface area (Å²) in [5.74, 6) is -0.0791. The molecule has 0 spiro atoms. The SMILES string of the molecule is O=C(Cl)CCCNC(=O)C1CCCO1. The molecule has 0 aromatic rings. The molecule has 0 radical (unpaired) electrons. The van der Waals surface area contributed by atoms with E-state index in [4.69, 9.17) is 16.3 Å². The average Bonchev–Trinajstić information content (AvgIpc) is 2.64. The number of halogens is 1. The van der Waals surface area contributed by atoms with Crippen LogP contribution >= 0.6 is 11.6 Å². The maximum absolute atomic E-state index is 11.3. The van der Waals surface area contributed by atoms with E-state index in [1.165, 1.54) is 0 Å². The zero-order valence-corrected chi connectivity index (χ0v) is 8.68. The number of hydrogen-bond donors (Lipinski definition) is 1. The third kappa shape index (κ3) is 4.07. The largest absolute Gasteiger partial charge is 0.368 e. The Kier molecular flexibility index (Phi) is 4.90. The van der Waals surface area contributed by atoms with Crippen molar-refractivity contribution < 1.29 is 14.3 Å². The van der Waals surface area contributed by atoms with Crippen molar-refractivity contribution in [3.63, 3.8) is 0 Å². The molecule has 5 heteroatoms. The van der Waals surface area contributed by atoms with Gasteiger partial charge in [-0.15, -0.1) is 0 Å². The molecule has 14 heavy (non-hydrogen) atoms. The minimum absolute atomic E-state index is 0.0791. The Balaban J connectivity index is 2.05. The molecular formula is C9H14ClNO3. The van der Waals surface area contributed by atoms with Gasteiger partial charge in [-0.25, -0.2) is 0 Å². The van der Waals surface area contributed by atoms with Crippen LogP contribution in [-0.2, 0) is 14.3 Å². The molecule has 1 fully saturated rings. The first kappa shape index (κ1) is 11.5. The summed E-state index contributed by atoms with van der Waals surface area (Å²) in [6.45, 7) is 1.15. The second-order valence-electron chi connectivity index (χ2n) is 3.25. The van der Waals surface area contributed by atoms with Gasteiger partial charge in [0.2, 0.25) is 11.1 Å². The van der Waals surface area contributed by atoms with E-state index in [0.717, 1.165) is 12.8 Å². The van der Waals surface area contributed by atoms with Crippen LogP contribution < -0.4 is 5.32 Å². The Labute approximate surface area is 87.9 Å². The molecule has 1 aliphatic heterocycles. The summed E-state index contributed by atoms with van der Waals surface area (Å²) in [6.07, 6.45) is 2.33. The average molecular weight is 220 g/mol. The van der Waals surface area contributed by atoms with Gasteiger partial charge in [-0.05, 0) is 30.9 Å². The van der Waals surface area contributed by atoms with Crippen molar-refractivity contribution in [1.29, 1.82) is 0 Å². The van der Waals surface area contributed by atoms with Crippen LogP contribution in [0, 0.1) is 0 Å². The summed E-state index contributed by atoms with van der Waals surface area (Å²) < 4.78 is 5.19. The van der Waals surface area contributed by atoms with E-state index in [1.807, 2.05) is 0 Å². The first-order valence-corrected chi connectivity index (χ1v) is 5.15. The quantitative estimate of drug-likeness (QED) is 0.551. The lowest BCUT2D eigenvalue weighted by Gasteiger charge is -2.09. The normalized spacial score (nSPS) is 20.8. The predicted octanol–water partition coefficient (Wildman–Crippen LogP) is 0.827. The smallest absolute Gasteiger partial charge is 0.249 e. The molecule has 1 aliphatic rings. The van der Waals surface area contributed by atoms with Crippen molar-refractivity contribution in [2.75, 3.05) is 13.2 Å². The number of ether oxygens (including phenoxy) is 1. The van der Waals surface area contributed by atoms with Crippen molar-refractivity contribution in [2.24, 2.45) is 0 Å². The molecular weight excluding hydrogens is 206 g/mol. The maximum Gasteiger partial charge on any atom is 0.249 e.